The largest absolute Gasteiger partial charge is 0.381 e. The van der Waals surface area contributed by atoms with Gasteiger partial charge in [-0.15, -0.1) is 10.2 Å². The number of carbonyl (C=O) groups excluding carboxylic acids is 1. The fourth-order valence-corrected chi connectivity index (χ4v) is 1.53. The molecule has 1 aromatic rings. The summed E-state index contributed by atoms with van der Waals surface area (Å²) in [5.41, 5.74) is 2.63. The van der Waals surface area contributed by atoms with Crippen LogP contribution in [-0.2, 0) is 4.74 Å². The summed E-state index contributed by atoms with van der Waals surface area (Å²) < 4.78 is 5.47. The standard InChI is InChI=1S/C12H19N5O2/c13-15-11-5-4-10(16-17-11)12(18)14-6-1-7-19-8-9-2-3-9/h4-5,9H,1-3,6-8,13H2,(H,14,18)(H,15,17). The summed E-state index contributed by atoms with van der Waals surface area (Å²) in [6, 6.07) is 3.17. The van der Waals surface area contributed by atoms with Gasteiger partial charge in [0.2, 0.25) is 0 Å². The second kappa shape index (κ2) is 7.01. The molecule has 0 radical (unpaired) electrons. The molecular formula is C12H19N5O2. The Bertz CT molecular complexity index is 405. The molecule has 19 heavy (non-hydrogen) atoms. The third-order valence-electron chi connectivity index (χ3n) is 2.85. The number of hydrogen-bond donors (Lipinski definition) is 3. The van der Waals surface area contributed by atoms with Gasteiger partial charge in [-0.2, -0.15) is 0 Å². The highest BCUT2D eigenvalue weighted by Crippen LogP contribution is 2.28. The quantitative estimate of drug-likeness (QED) is 0.355. The number of aromatic nitrogens is 2. The molecule has 4 N–H and O–H groups in total. The molecule has 0 atom stereocenters. The lowest BCUT2D eigenvalue weighted by atomic mass is 10.3. The molecule has 1 fully saturated rings. The number of hydrazine groups is 1. The summed E-state index contributed by atoms with van der Waals surface area (Å²) in [5, 5.41) is 10.3. The summed E-state index contributed by atoms with van der Waals surface area (Å²) in [5.74, 6) is 6.12. The zero-order valence-electron chi connectivity index (χ0n) is 10.8. The summed E-state index contributed by atoms with van der Waals surface area (Å²) >= 11 is 0. The van der Waals surface area contributed by atoms with E-state index in [4.69, 9.17) is 10.6 Å². The molecule has 0 saturated heterocycles. The van der Waals surface area contributed by atoms with Crippen molar-refractivity contribution < 1.29 is 9.53 Å². The Labute approximate surface area is 111 Å². The molecule has 7 heteroatoms. The average molecular weight is 265 g/mol. The molecule has 1 aliphatic rings. The van der Waals surface area contributed by atoms with Crippen LogP contribution in [0.3, 0.4) is 0 Å². The molecule has 1 heterocycles. The Morgan fingerprint density at radius 2 is 2.26 bits per heavy atom. The normalized spacial score (nSPS) is 14.2. The first-order valence-corrected chi connectivity index (χ1v) is 6.46. The predicted molar refractivity (Wildman–Crippen MR) is 70.3 cm³/mol. The predicted octanol–water partition coefficient (Wildman–Crippen LogP) is 0.309. The van der Waals surface area contributed by atoms with E-state index in [0.717, 1.165) is 18.9 Å². The maximum absolute atomic E-state index is 11.7. The van der Waals surface area contributed by atoms with Crippen molar-refractivity contribution in [1.82, 2.24) is 15.5 Å². The highest BCUT2D eigenvalue weighted by molar-refractivity contribution is 5.92. The van der Waals surface area contributed by atoms with Crippen LogP contribution in [0.15, 0.2) is 12.1 Å². The Kier molecular flexibility index (Phi) is 5.05. The lowest BCUT2D eigenvalue weighted by Gasteiger charge is -2.05. The van der Waals surface area contributed by atoms with Crippen molar-refractivity contribution >= 4 is 11.7 Å². The van der Waals surface area contributed by atoms with Crippen molar-refractivity contribution in [3.63, 3.8) is 0 Å². The van der Waals surface area contributed by atoms with Gasteiger partial charge < -0.3 is 15.5 Å². The number of nitrogens with two attached hydrogens (primary N) is 1. The van der Waals surface area contributed by atoms with Gasteiger partial charge in [0.1, 0.15) is 0 Å². The zero-order valence-corrected chi connectivity index (χ0v) is 10.8. The second-order valence-electron chi connectivity index (χ2n) is 4.58. The van der Waals surface area contributed by atoms with Crippen LogP contribution in [0.25, 0.3) is 0 Å². The van der Waals surface area contributed by atoms with Gasteiger partial charge in [0.05, 0.1) is 0 Å². The van der Waals surface area contributed by atoms with E-state index in [0.29, 0.717) is 19.0 Å². The van der Waals surface area contributed by atoms with Gasteiger partial charge in [-0.25, -0.2) is 5.84 Å². The van der Waals surface area contributed by atoms with Gasteiger partial charge >= 0.3 is 0 Å². The van der Waals surface area contributed by atoms with Crippen LogP contribution in [0, 0.1) is 5.92 Å². The van der Waals surface area contributed by atoms with Gasteiger partial charge in [0.25, 0.3) is 5.91 Å². The summed E-state index contributed by atoms with van der Waals surface area (Å²) in [7, 11) is 0. The number of ether oxygens (including phenoxy) is 1. The van der Waals surface area contributed by atoms with Crippen molar-refractivity contribution in [3.05, 3.63) is 17.8 Å². The van der Waals surface area contributed by atoms with Crippen LogP contribution in [0.1, 0.15) is 29.8 Å². The van der Waals surface area contributed by atoms with Crippen LogP contribution in [-0.4, -0.2) is 35.9 Å². The van der Waals surface area contributed by atoms with Crippen LogP contribution >= 0.6 is 0 Å². The van der Waals surface area contributed by atoms with E-state index in [2.05, 4.69) is 20.9 Å². The number of anilines is 1. The third kappa shape index (κ3) is 4.80. The fraction of sp³-hybridized carbons (Fsp3) is 0.583. The van der Waals surface area contributed by atoms with E-state index in [-0.39, 0.29) is 11.6 Å². The summed E-state index contributed by atoms with van der Waals surface area (Å²) in [6.45, 7) is 2.10. The highest BCUT2D eigenvalue weighted by Gasteiger charge is 2.20. The monoisotopic (exact) mass is 265 g/mol. The van der Waals surface area contributed by atoms with Crippen molar-refractivity contribution in [3.8, 4) is 0 Å². The number of rotatable bonds is 8. The molecule has 0 aromatic carbocycles. The molecule has 2 rings (SSSR count). The molecule has 0 unspecified atom stereocenters. The van der Waals surface area contributed by atoms with Gasteiger partial charge in [-0.05, 0) is 37.3 Å². The van der Waals surface area contributed by atoms with E-state index in [1.807, 2.05) is 0 Å². The lowest BCUT2D eigenvalue weighted by molar-refractivity contribution is 0.0931. The van der Waals surface area contributed by atoms with E-state index < -0.39 is 0 Å². The van der Waals surface area contributed by atoms with Crippen molar-refractivity contribution in [2.24, 2.45) is 11.8 Å². The third-order valence-corrected chi connectivity index (χ3v) is 2.85. The topological polar surface area (TPSA) is 102 Å². The minimum Gasteiger partial charge on any atom is -0.381 e. The number of nitrogens with zero attached hydrogens (tertiary/aromatic N) is 2. The maximum atomic E-state index is 11.7. The van der Waals surface area contributed by atoms with E-state index >= 15 is 0 Å². The van der Waals surface area contributed by atoms with E-state index in [1.54, 1.807) is 12.1 Å². The van der Waals surface area contributed by atoms with E-state index in [1.165, 1.54) is 12.8 Å². The number of nitrogen functional groups attached to an aromatic ring is 1. The molecule has 0 aliphatic heterocycles. The minimum atomic E-state index is -0.238. The maximum Gasteiger partial charge on any atom is 0.271 e. The van der Waals surface area contributed by atoms with Crippen molar-refractivity contribution in [2.75, 3.05) is 25.2 Å². The minimum absolute atomic E-state index is 0.238. The number of hydrogen-bond acceptors (Lipinski definition) is 6. The fourth-order valence-electron chi connectivity index (χ4n) is 1.53. The van der Waals surface area contributed by atoms with Gasteiger partial charge in [-0.1, -0.05) is 0 Å². The Morgan fingerprint density at radius 1 is 1.42 bits per heavy atom. The van der Waals surface area contributed by atoms with Crippen molar-refractivity contribution in [2.45, 2.75) is 19.3 Å². The molecule has 1 saturated carbocycles. The van der Waals surface area contributed by atoms with Gasteiger partial charge in [0.15, 0.2) is 11.5 Å². The van der Waals surface area contributed by atoms with E-state index in [9.17, 15) is 4.79 Å². The number of nitrogens with one attached hydrogen (secondary N) is 2. The van der Waals surface area contributed by atoms with Crippen LogP contribution in [0.5, 0.6) is 0 Å². The van der Waals surface area contributed by atoms with Gasteiger partial charge in [0, 0.05) is 19.8 Å². The summed E-state index contributed by atoms with van der Waals surface area (Å²) in [4.78, 5) is 11.7. The molecule has 0 spiro atoms. The number of amides is 1. The number of carbonyl (C=O) groups is 1. The molecular weight excluding hydrogens is 246 g/mol. The molecule has 0 bridgehead atoms. The average Bonchev–Trinajstić information content (AvgIpc) is 3.26. The first kappa shape index (κ1) is 13.7. The Balaban J connectivity index is 1.59. The first-order chi connectivity index (χ1) is 9.29. The molecule has 104 valence electrons. The van der Waals surface area contributed by atoms with Gasteiger partial charge in [-0.3, -0.25) is 4.79 Å². The molecule has 1 amide bonds. The smallest absolute Gasteiger partial charge is 0.271 e. The SMILES string of the molecule is NNc1ccc(C(=O)NCCCOCC2CC2)nn1. The van der Waals surface area contributed by atoms with Crippen LogP contribution in [0.2, 0.25) is 0 Å². The summed E-state index contributed by atoms with van der Waals surface area (Å²) in [6.07, 6.45) is 3.39. The highest BCUT2D eigenvalue weighted by atomic mass is 16.5. The van der Waals surface area contributed by atoms with Crippen LogP contribution in [0.4, 0.5) is 5.82 Å². The molecule has 7 nitrogen and oxygen atoms in total. The van der Waals surface area contributed by atoms with Crippen molar-refractivity contribution in [1.29, 1.82) is 0 Å². The Morgan fingerprint density at radius 3 is 2.89 bits per heavy atom. The zero-order chi connectivity index (χ0) is 13.5. The first-order valence-electron chi connectivity index (χ1n) is 6.46. The molecule has 1 aromatic heterocycles. The lowest BCUT2D eigenvalue weighted by Crippen LogP contribution is -2.26. The Hall–Kier alpha value is -1.73. The molecule has 1 aliphatic carbocycles. The van der Waals surface area contributed by atoms with Crippen LogP contribution < -0.4 is 16.6 Å². The second-order valence-corrected chi connectivity index (χ2v) is 4.58.